The minimum absolute atomic E-state index is 0.0902. The number of likely N-dealkylation sites (tertiary alicyclic amines) is 2. The molecule has 0 bridgehead atoms. The van der Waals surface area contributed by atoms with Crippen LogP contribution in [0.2, 0.25) is 0 Å². The fourth-order valence-corrected chi connectivity index (χ4v) is 6.94. The molecule has 8 heteroatoms. The SMILES string of the molecule is CC(C)(C)OC(=O)Nc1cc(CN2CCC(C(=O)N3CCC(c4c(C5=CC=CCC5)[nH]c5ccccc45)CC3)CC2)ccn1. The number of hydrogen-bond donors (Lipinski definition) is 2. The van der Waals surface area contributed by atoms with Crippen molar-refractivity contribution in [1.29, 1.82) is 0 Å². The van der Waals surface area contributed by atoms with Gasteiger partial charge in [-0.2, -0.15) is 0 Å². The number of pyridine rings is 1. The fraction of sp³-hybridized carbons (Fsp3) is 0.472. The van der Waals surface area contributed by atoms with E-state index in [-0.39, 0.29) is 5.92 Å². The molecule has 4 heterocycles. The highest BCUT2D eigenvalue weighted by atomic mass is 16.6. The second kappa shape index (κ2) is 13.0. The summed E-state index contributed by atoms with van der Waals surface area (Å²) in [5.41, 5.74) is 5.86. The topological polar surface area (TPSA) is 90.6 Å². The lowest BCUT2D eigenvalue weighted by atomic mass is 9.84. The van der Waals surface area contributed by atoms with Crippen LogP contribution in [-0.2, 0) is 16.1 Å². The number of carbonyl (C=O) groups excluding carboxylic acids is 2. The molecule has 8 nitrogen and oxygen atoms in total. The van der Waals surface area contributed by atoms with Crippen LogP contribution in [0, 0.1) is 5.92 Å². The van der Waals surface area contributed by atoms with Crippen molar-refractivity contribution in [2.24, 2.45) is 5.92 Å². The lowest BCUT2D eigenvalue weighted by molar-refractivity contribution is -0.138. The molecule has 2 N–H and O–H groups in total. The van der Waals surface area contributed by atoms with Gasteiger partial charge in [0.1, 0.15) is 11.4 Å². The van der Waals surface area contributed by atoms with Crippen molar-refractivity contribution in [2.45, 2.75) is 77.4 Å². The predicted octanol–water partition coefficient (Wildman–Crippen LogP) is 7.26. The van der Waals surface area contributed by atoms with Gasteiger partial charge in [0.05, 0.1) is 0 Å². The smallest absolute Gasteiger partial charge is 0.413 e. The molecule has 2 aromatic heterocycles. The zero-order valence-electron chi connectivity index (χ0n) is 26.3. The normalized spacial score (nSPS) is 18.8. The fourth-order valence-electron chi connectivity index (χ4n) is 6.94. The minimum atomic E-state index is -0.565. The Morgan fingerprint density at radius 3 is 2.55 bits per heavy atom. The molecule has 232 valence electrons. The van der Waals surface area contributed by atoms with Gasteiger partial charge in [-0.3, -0.25) is 15.0 Å². The maximum absolute atomic E-state index is 13.6. The van der Waals surface area contributed by atoms with Crippen molar-refractivity contribution >= 4 is 34.3 Å². The Labute approximate surface area is 260 Å². The van der Waals surface area contributed by atoms with Gasteiger partial charge in [-0.25, -0.2) is 9.78 Å². The number of aromatic nitrogens is 2. The van der Waals surface area contributed by atoms with Gasteiger partial charge in [0, 0.05) is 48.3 Å². The van der Waals surface area contributed by atoms with Crippen LogP contribution in [0.4, 0.5) is 10.6 Å². The van der Waals surface area contributed by atoms with Gasteiger partial charge >= 0.3 is 6.09 Å². The number of H-pyrrole nitrogens is 1. The third-order valence-electron chi connectivity index (χ3n) is 9.09. The number of benzene rings is 1. The summed E-state index contributed by atoms with van der Waals surface area (Å²) in [5.74, 6) is 1.36. The molecule has 3 aliphatic rings. The Kier molecular flexibility index (Phi) is 8.89. The first-order valence-corrected chi connectivity index (χ1v) is 16.2. The highest BCUT2D eigenvalue weighted by Gasteiger charge is 2.33. The Hall–Kier alpha value is -3.91. The van der Waals surface area contributed by atoms with E-state index in [2.05, 4.69) is 67.6 Å². The number of fused-ring (bicyclic) bond motifs is 1. The van der Waals surface area contributed by atoms with E-state index in [9.17, 15) is 9.59 Å². The van der Waals surface area contributed by atoms with E-state index in [1.807, 2.05) is 32.9 Å². The van der Waals surface area contributed by atoms with Gasteiger partial charge in [-0.05, 0) is 113 Å². The molecule has 6 rings (SSSR count). The van der Waals surface area contributed by atoms with Crippen LogP contribution >= 0.6 is 0 Å². The first-order valence-electron chi connectivity index (χ1n) is 16.2. The van der Waals surface area contributed by atoms with Crippen LogP contribution in [0.3, 0.4) is 0 Å². The number of amides is 2. The molecule has 0 unspecified atom stereocenters. The number of anilines is 1. The van der Waals surface area contributed by atoms with E-state index in [4.69, 9.17) is 4.74 Å². The van der Waals surface area contributed by atoms with Gasteiger partial charge in [-0.1, -0.05) is 36.4 Å². The van der Waals surface area contributed by atoms with Gasteiger partial charge in [0.25, 0.3) is 0 Å². The number of aromatic amines is 1. The zero-order chi connectivity index (χ0) is 30.7. The maximum atomic E-state index is 13.6. The Bertz CT molecular complexity index is 1550. The Morgan fingerprint density at radius 2 is 1.82 bits per heavy atom. The third kappa shape index (κ3) is 7.07. The van der Waals surface area contributed by atoms with Crippen molar-refractivity contribution in [1.82, 2.24) is 19.8 Å². The lowest BCUT2D eigenvalue weighted by Crippen LogP contribution is -2.45. The molecule has 0 saturated carbocycles. The van der Waals surface area contributed by atoms with Gasteiger partial charge in [-0.15, -0.1) is 0 Å². The minimum Gasteiger partial charge on any atom is -0.444 e. The largest absolute Gasteiger partial charge is 0.444 e. The highest BCUT2D eigenvalue weighted by molar-refractivity contribution is 5.90. The quantitative estimate of drug-likeness (QED) is 0.313. The van der Waals surface area contributed by atoms with E-state index < -0.39 is 11.7 Å². The third-order valence-corrected chi connectivity index (χ3v) is 9.09. The van der Waals surface area contributed by atoms with Gasteiger partial charge in [0.2, 0.25) is 5.91 Å². The van der Waals surface area contributed by atoms with Crippen LogP contribution in [0.15, 0.2) is 60.8 Å². The van der Waals surface area contributed by atoms with Gasteiger partial charge in [0.15, 0.2) is 0 Å². The summed E-state index contributed by atoms with van der Waals surface area (Å²) in [5, 5.41) is 4.06. The standard InChI is InChI=1S/C36H45N5O3/c1-36(2,3)44-35(43)39-31-23-25(13-18-37-31)24-40-19-14-28(15-20-40)34(42)41-21-16-26(17-22-41)32-29-11-7-8-12-30(29)38-33(32)27-9-5-4-6-10-27/h4-5,7-9,11-13,18,23,26,28,38H,6,10,14-17,19-22,24H2,1-3H3,(H,37,39,43). The molecular weight excluding hydrogens is 550 g/mol. The second-order valence-electron chi connectivity index (χ2n) is 13.4. The van der Waals surface area contributed by atoms with Gasteiger partial charge < -0.3 is 14.6 Å². The summed E-state index contributed by atoms with van der Waals surface area (Å²) in [7, 11) is 0. The number of hydrogen-bond acceptors (Lipinski definition) is 5. The number of rotatable bonds is 6. The molecule has 0 spiro atoms. The lowest BCUT2D eigenvalue weighted by Gasteiger charge is -2.37. The number of para-hydroxylation sites is 1. The van der Waals surface area contributed by atoms with Crippen molar-refractivity contribution in [3.05, 3.63) is 77.6 Å². The van der Waals surface area contributed by atoms with Crippen LogP contribution in [0.5, 0.6) is 0 Å². The molecule has 0 radical (unpaired) electrons. The number of allylic oxidation sites excluding steroid dienone is 4. The van der Waals surface area contributed by atoms with Crippen LogP contribution in [0.1, 0.15) is 82.0 Å². The summed E-state index contributed by atoms with van der Waals surface area (Å²) in [6.45, 7) is 9.68. The van der Waals surface area contributed by atoms with E-state index in [1.54, 1.807) is 6.20 Å². The molecule has 0 atom stereocenters. The Balaban J connectivity index is 1.02. The van der Waals surface area contributed by atoms with Crippen LogP contribution in [0.25, 0.3) is 16.5 Å². The number of nitrogens with zero attached hydrogens (tertiary/aromatic N) is 3. The Morgan fingerprint density at radius 1 is 1.05 bits per heavy atom. The predicted molar refractivity (Wildman–Crippen MR) is 175 cm³/mol. The summed E-state index contributed by atoms with van der Waals surface area (Å²) in [6.07, 6.45) is 13.8. The average molecular weight is 596 g/mol. The van der Waals surface area contributed by atoms with Crippen molar-refractivity contribution in [3.63, 3.8) is 0 Å². The first kappa shape index (κ1) is 30.1. The summed E-state index contributed by atoms with van der Waals surface area (Å²) >= 11 is 0. The monoisotopic (exact) mass is 595 g/mol. The number of carbonyl (C=O) groups is 2. The van der Waals surface area contributed by atoms with E-state index >= 15 is 0 Å². The van der Waals surface area contributed by atoms with Crippen molar-refractivity contribution in [3.8, 4) is 0 Å². The highest BCUT2D eigenvalue weighted by Crippen LogP contribution is 2.40. The second-order valence-corrected chi connectivity index (χ2v) is 13.4. The summed E-state index contributed by atoms with van der Waals surface area (Å²) in [6, 6.07) is 12.5. The first-order chi connectivity index (χ1) is 21.2. The molecule has 2 saturated heterocycles. The van der Waals surface area contributed by atoms with Crippen molar-refractivity contribution < 1.29 is 14.3 Å². The van der Waals surface area contributed by atoms with Crippen LogP contribution < -0.4 is 5.32 Å². The van der Waals surface area contributed by atoms with E-state index in [0.29, 0.717) is 17.6 Å². The number of ether oxygens (including phenoxy) is 1. The molecule has 1 aliphatic carbocycles. The maximum Gasteiger partial charge on any atom is 0.413 e. The van der Waals surface area contributed by atoms with Crippen molar-refractivity contribution in [2.75, 3.05) is 31.5 Å². The molecule has 2 aliphatic heterocycles. The molecule has 1 aromatic carbocycles. The molecular formula is C36H45N5O3. The number of nitrogens with one attached hydrogen (secondary N) is 2. The number of piperidine rings is 2. The van der Waals surface area contributed by atoms with E-state index in [0.717, 1.165) is 76.8 Å². The average Bonchev–Trinajstić information content (AvgIpc) is 3.41. The zero-order valence-corrected chi connectivity index (χ0v) is 26.3. The summed E-state index contributed by atoms with van der Waals surface area (Å²) < 4.78 is 5.35. The van der Waals surface area contributed by atoms with E-state index in [1.165, 1.54) is 27.7 Å². The molecule has 2 amide bonds. The van der Waals surface area contributed by atoms with Crippen LogP contribution in [-0.4, -0.2) is 63.5 Å². The molecule has 2 fully saturated rings. The molecule has 3 aromatic rings. The molecule has 44 heavy (non-hydrogen) atoms. The summed E-state index contributed by atoms with van der Waals surface area (Å²) in [4.78, 5) is 38.3.